The third kappa shape index (κ3) is 2.84. The highest BCUT2D eigenvalue weighted by atomic mass is 16.5. The minimum atomic E-state index is -0.393. The topological polar surface area (TPSA) is 110 Å². The van der Waals surface area contributed by atoms with Crippen LogP contribution >= 0.6 is 0 Å². The molecule has 2 heterocycles. The Balaban J connectivity index is 1.75. The molecular formula is C16H23N5O2. The van der Waals surface area contributed by atoms with Crippen molar-refractivity contribution in [1.29, 1.82) is 0 Å². The van der Waals surface area contributed by atoms with Crippen LogP contribution in [0.15, 0.2) is 34.1 Å². The summed E-state index contributed by atoms with van der Waals surface area (Å²) in [6.07, 6.45) is 5.81. The van der Waals surface area contributed by atoms with E-state index < -0.39 is 6.17 Å². The summed E-state index contributed by atoms with van der Waals surface area (Å²) in [5.41, 5.74) is 14.0. The van der Waals surface area contributed by atoms with Gasteiger partial charge in [0.05, 0.1) is 11.7 Å². The third-order valence-electron chi connectivity index (χ3n) is 4.61. The number of amides is 1. The Kier molecular flexibility index (Phi) is 3.68. The maximum absolute atomic E-state index is 12.4. The van der Waals surface area contributed by atoms with Crippen molar-refractivity contribution < 1.29 is 9.32 Å². The van der Waals surface area contributed by atoms with Crippen molar-refractivity contribution in [3.8, 4) is 0 Å². The number of hydrogen-bond donors (Lipinski definition) is 3. The van der Waals surface area contributed by atoms with Gasteiger partial charge in [-0.3, -0.25) is 4.79 Å². The monoisotopic (exact) mass is 317 g/mol. The molecule has 2 aliphatic rings. The number of carbonyl (C=O) groups excluding carboxylic acids is 1. The van der Waals surface area contributed by atoms with Gasteiger partial charge in [-0.05, 0) is 31.9 Å². The molecule has 3 rings (SSSR count). The minimum Gasteiger partial charge on any atom is -0.399 e. The first-order chi connectivity index (χ1) is 10.8. The molecule has 23 heavy (non-hydrogen) atoms. The van der Waals surface area contributed by atoms with Crippen LogP contribution in [0, 0.1) is 5.41 Å². The largest absolute Gasteiger partial charge is 0.399 e. The molecule has 5 N–H and O–H groups in total. The average molecular weight is 317 g/mol. The van der Waals surface area contributed by atoms with Crippen LogP contribution in [0.2, 0.25) is 0 Å². The molecule has 2 atom stereocenters. The summed E-state index contributed by atoms with van der Waals surface area (Å²) in [6, 6.07) is 1.25. The van der Waals surface area contributed by atoms with Crippen molar-refractivity contribution in [2.45, 2.75) is 38.9 Å². The lowest BCUT2D eigenvalue weighted by molar-refractivity contribution is 0.0893. The van der Waals surface area contributed by atoms with Crippen LogP contribution in [0.25, 0.3) is 0 Å². The molecule has 0 spiro atoms. The molecule has 1 amide bonds. The Labute approximate surface area is 135 Å². The number of aromatic nitrogens is 1. The van der Waals surface area contributed by atoms with E-state index in [0.29, 0.717) is 11.5 Å². The van der Waals surface area contributed by atoms with Crippen molar-refractivity contribution in [3.05, 3.63) is 41.1 Å². The summed E-state index contributed by atoms with van der Waals surface area (Å²) < 4.78 is 5.07. The normalized spacial score (nSPS) is 23.8. The highest BCUT2D eigenvalue weighted by molar-refractivity contribution is 5.92. The molecular weight excluding hydrogens is 294 g/mol. The molecule has 0 radical (unpaired) electrons. The number of allylic oxidation sites excluding steroid dienone is 3. The van der Waals surface area contributed by atoms with Crippen LogP contribution in [-0.2, 0) is 0 Å². The van der Waals surface area contributed by atoms with Gasteiger partial charge < -0.3 is 26.2 Å². The molecule has 0 saturated heterocycles. The molecule has 0 aromatic carbocycles. The summed E-state index contributed by atoms with van der Waals surface area (Å²) in [5, 5.41) is 6.68. The van der Waals surface area contributed by atoms with Crippen molar-refractivity contribution in [3.63, 3.8) is 0 Å². The fourth-order valence-electron chi connectivity index (χ4n) is 2.81. The number of nitrogens with one attached hydrogen (secondary N) is 1. The van der Waals surface area contributed by atoms with Gasteiger partial charge in [0.1, 0.15) is 6.17 Å². The van der Waals surface area contributed by atoms with Gasteiger partial charge in [0.15, 0.2) is 11.5 Å². The Hall–Kier alpha value is -2.28. The van der Waals surface area contributed by atoms with Crippen molar-refractivity contribution in [2.75, 3.05) is 7.05 Å². The van der Waals surface area contributed by atoms with Gasteiger partial charge in [-0.1, -0.05) is 12.1 Å². The number of rotatable bonds is 4. The standard InChI is InChI=1S/C16H23N5O2/c1-9(17)12-8-11(20-23-12)15(22)19-14-10(18)4-5-13(21(14)3)16(2)6-7-16/h4-5,8-9,14H,6-7,17-18H2,1-3H3,(H,19,22). The molecule has 1 aliphatic heterocycles. The molecule has 1 aromatic heterocycles. The van der Waals surface area contributed by atoms with Crippen LogP contribution in [-0.4, -0.2) is 29.2 Å². The van der Waals surface area contributed by atoms with Crippen LogP contribution in [0.5, 0.6) is 0 Å². The highest BCUT2D eigenvalue weighted by Gasteiger charge is 2.45. The van der Waals surface area contributed by atoms with E-state index in [2.05, 4.69) is 17.4 Å². The maximum atomic E-state index is 12.4. The lowest BCUT2D eigenvalue weighted by atomic mass is 10.00. The molecule has 7 nitrogen and oxygen atoms in total. The highest BCUT2D eigenvalue weighted by Crippen LogP contribution is 2.53. The van der Waals surface area contributed by atoms with E-state index in [0.717, 1.165) is 12.8 Å². The fraction of sp³-hybridized carbons (Fsp3) is 0.500. The van der Waals surface area contributed by atoms with Crippen molar-refractivity contribution in [2.24, 2.45) is 16.9 Å². The number of carbonyl (C=O) groups is 1. The predicted molar refractivity (Wildman–Crippen MR) is 85.8 cm³/mol. The second-order valence-electron chi connectivity index (χ2n) is 6.67. The number of hydrogen-bond acceptors (Lipinski definition) is 6. The molecule has 124 valence electrons. The van der Waals surface area contributed by atoms with Gasteiger partial charge in [0.25, 0.3) is 5.91 Å². The summed E-state index contributed by atoms with van der Waals surface area (Å²) in [7, 11) is 1.94. The zero-order chi connectivity index (χ0) is 16.8. The number of likely N-dealkylation sites (N-methyl/N-ethyl adjacent to an activating group) is 1. The third-order valence-corrected chi connectivity index (χ3v) is 4.61. The van der Waals surface area contributed by atoms with Crippen molar-refractivity contribution in [1.82, 2.24) is 15.4 Å². The van der Waals surface area contributed by atoms with Gasteiger partial charge >= 0.3 is 0 Å². The van der Waals surface area contributed by atoms with Gasteiger partial charge in [-0.2, -0.15) is 0 Å². The Morgan fingerprint density at radius 3 is 2.78 bits per heavy atom. The predicted octanol–water partition coefficient (Wildman–Crippen LogP) is 1.22. The van der Waals surface area contributed by atoms with Gasteiger partial charge in [-0.15, -0.1) is 0 Å². The number of nitrogens with two attached hydrogens (primary N) is 2. The van der Waals surface area contributed by atoms with Crippen LogP contribution in [0.1, 0.15) is 49.0 Å². The second kappa shape index (κ2) is 5.42. The molecule has 1 aliphatic carbocycles. The zero-order valence-corrected chi connectivity index (χ0v) is 13.7. The van der Waals surface area contributed by atoms with E-state index in [-0.39, 0.29) is 23.1 Å². The lowest BCUT2D eigenvalue weighted by Gasteiger charge is -2.37. The minimum absolute atomic E-state index is 0.185. The molecule has 2 unspecified atom stereocenters. The maximum Gasteiger partial charge on any atom is 0.275 e. The first-order valence-corrected chi connectivity index (χ1v) is 7.75. The molecule has 1 saturated carbocycles. The van der Waals surface area contributed by atoms with E-state index in [4.69, 9.17) is 16.0 Å². The Bertz CT molecular complexity index is 684. The lowest BCUT2D eigenvalue weighted by Crippen LogP contribution is -2.51. The summed E-state index contributed by atoms with van der Waals surface area (Å²) in [4.78, 5) is 14.4. The quantitative estimate of drug-likeness (QED) is 0.770. The van der Waals surface area contributed by atoms with E-state index in [1.54, 1.807) is 13.0 Å². The number of nitrogens with zero attached hydrogens (tertiary/aromatic N) is 2. The Morgan fingerprint density at radius 1 is 1.52 bits per heavy atom. The first-order valence-electron chi connectivity index (χ1n) is 7.75. The molecule has 7 heteroatoms. The van der Waals surface area contributed by atoms with E-state index in [1.807, 2.05) is 24.1 Å². The van der Waals surface area contributed by atoms with Crippen LogP contribution in [0.3, 0.4) is 0 Å². The van der Waals surface area contributed by atoms with E-state index in [1.165, 1.54) is 5.70 Å². The SMILES string of the molecule is CC(N)c1cc(C(=O)NC2C(N)=CC=C(C3(C)CC3)N2C)no1. The summed E-state index contributed by atoms with van der Waals surface area (Å²) in [5.74, 6) is 0.137. The van der Waals surface area contributed by atoms with E-state index in [9.17, 15) is 4.79 Å². The fourth-order valence-corrected chi connectivity index (χ4v) is 2.81. The average Bonchev–Trinajstić information content (AvgIpc) is 3.04. The summed E-state index contributed by atoms with van der Waals surface area (Å²) in [6.45, 7) is 3.99. The van der Waals surface area contributed by atoms with Crippen LogP contribution < -0.4 is 16.8 Å². The molecule has 1 fully saturated rings. The van der Waals surface area contributed by atoms with Gasteiger partial charge in [-0.25, -0.2) is 0 Å². The smallest absolute Gasteiger partial charge is 0.275 e. The van der Waals surface area contributed by atoms with Gasteiger partial charge in [0.2, 0.25) is 0 Å². The summed E-state index contributed by atoms with van der Waals surface area (Å²) >= 11 is 0. The van der Waals surface area contributed by atoms with Crippen molar-refractivity contribution >= 4 is 5.91 Å². The molecule has 0 bridgehead atoms. The van der Waals surface area contributed by atoms with Crippen LogP contribution in [0.4, 0.5) is 0 Å². The second-order valence-corrected chi connectivity index (χ2v) is 6.67. The zero-order valence-electron chi connectivity index (χ0n) is 13.7. The Morgan fingerprint density at radius 2 is 2.22 bits per heavy atom. The van der Waals surface area contributed by atoms with E-state index >= 15 is 0 Å². The first kappa shape index (κ1) is 15.6. The van der Waals surface area contributed by atoms with Gasteiger partial charge in [0, 0.05) is 24.2 Å². The molecule has 1 aromatic rings.